The van der Waals surface area contributed by atoms with Crippen LogP contribution in [-0.2, 0) is 16.6 Å². The van der Waals surface area contributed by atoms with Gasteiger partial charge in [-0.1, -0.05) is 29.8 Å². The van der Waals surface area contributed by atoms with E-state index in [1.54, 1.807) is 12.1 Å². The summed E-state index contributed by atoms with van der Waals surface area (Å²) in [5.41, 5.74) is 0.899. The van der Waals surface area contributed by atoms with E-state index in [4.69, 9.17) is 11.6 Å². The summed E-state index contributed by atoms with van der Waals surface area (Å²) in [6, 6.07) is 10.5. The zero-order valence-corrected chi connectivity index (χ0v) is 16.4. The first-order valence-corrected chi connectivity index (χ1v) is 10.4. The molecule has 1 saturated heterocycles. The van der Waals surface area contributed by atoms with E-state index in [1.807, 2.05) is 4.90 Å². The zero-order valence-electron chi connectivity index (χ0n) is 14.9. The van der Waals surface area contributed by atoms with Crippen LogP contribution in [0.2, 0.25) is 5.02 Å². The van der Waals surface area contributed by atoms with Gasteiger partial charge in [0.1, 0.15) is 5.82 Å². The fraction of sp³-hybridized carbons (Fsp3) is 0.316. The molecule has 1 heterocycles. The Hall–Kier alpha value is -1.80. The first kappa shape index (κ1) is 19.9. The van der Waals surface area contributed by atoms with Crippen LogP contribution >= 0.6 is 11.6 Å². The lowest BCUT2D eigenvalue weighted by Crippen LogP contribution is -2.48. The fourth-order valence-electron chi connectivity index (χ4n) is 3.05. The van der Waals surface area contributed by atoms with Crippen LogP contribution < -0.4 is 0 Å². The molecule has 27 heavy (non-hydrogen) atoms. The Morgan fingerprint density at radius 1 is 1.07 bits per heavy atom. The first-order valence-electron chi connectivity index (χ1n) is 8.55. The number of Topliss-reactive ketones (excluding diaryl/α,β-unsaturated/α-hetero) is 1. The summed E-state index contributed by atoms with van der Waals surface area (Å²) in [4.78, 5) is 13.5. The molecule has 0 unspecified atom stereocenters. The largest absolute Gasteiger partial charge is 0.296 e. The molecule has 1 aliphatic rings. The third-order valence-corrected chi connectivity index (χ3v) is 6.94. The van der Waals surface area contributed by atoms with Gasteiger partial charge in [0, 0.05) is 48.9 Å². The van der Waals surface area contributed by atoms with E-state index in [1.165, 1.54) is 41.6 Å². The molecule has 2 aromatic carbocycles. The average molecular weight is 411 g/mol. The second-order valence-corrected chi connectivity index (χ2v) is 8.81. The van der Waals surface area contributed by atoms with Gasteiger partial charge in [0.05, 0.1) is 4.90 Å². The number of piperazine rings is 1. The molecule has 8 heteroatoms. The number of rotatable bonds is 5. The number of nitrogens with zero attached hydrogens (tertiary/aromatic N) is 2. The maximum atomic E-state index is 13.9. The molecule has 2 aromatic rings. The first-order chi connectivity index (χ1) is 12.8. The molecule has 3 rings (SSSR count). The number of carbonyl (C=O) groups excluding carboxylic acids is 1. The molecule has 0 N–H and O–H groups in total. The predicted octanol–water partition coefficient (Wildman–Crippen LogP) is 3.19. The minimum absolute atomic E-state index is 0.112. The number of ketones is 1. The monoisotopic (exact) mass is 410 g/mol. The van der Waals surface area contributed by atoms with Crippen LogP contribution in [0.4, 0.5) is 4.39 Å². The molecule has 0 atom stereocenters. The summed E-state index contributed by atoms with van der Waals surface area (Å²) in [6.07, 6.45) is 0. The molecule has 0 radical (unpaired) electrons. The van der Waals surface area contributed by atoms with Crippen molar-refractivity contribution in [3.63, 3.8) is 0 Å². The van der Waals surface area contributed by atoms with Gasteiger partial charge in [-0.25, -0.2) is 12.8 Å². The summed E-state index contributed by atoms with van der Waals surface area (Å²) in [6.45, 7) is 3.35. The maximum Gasteiger partial charge on any atom is 0.243 e. The number of hydrogen-bond acceptors (Lipinski definition) is 4. The van der Waals surface area contributed by atoms with E-state index >= 15 is 0 Å². The van der Waals surface area contributed by atoms with Crippen molar-refractivity contribution in [3.8, 4) is 0 Å². The highest BCUT2D eigenvalue weighted by Crippen LogP contribution is 2.23. The highest BCUT2D eigenvalue weighted by atomic mass is 35.5. The standard InChI is InChI=1S/C19H20ClFN2O3S/c1-14(24)15-5-7-16(8-6-15)27(25,26)23-11-9-22(10-12-23)13-17-18(20)3-2-4-19(17)21/h2-8H,9-13H2,1H3. The lowest BCUT2D eigenvalue weighted by Gasteiger charge is -2.34. The Kier molecular flexibility index (Phi) is 5.95. The summed E-state index contributed by atoms with van der Waals surface area (Å²) in [7, 11) is -3.62. The summed E-state index contributed by atoms with van der Waals surface area (Å²) < 4.78 is 40.9. The average Bonchev–Trinajstić information content (AvgIpc) is 2.65. The minimum atomic E-state index is -3.62. The van der Waals surface area contributed by atoms with Gasteiger partial charge < -0.3 is 0 Å². The van der Waals surface area contributed by atoms with E-state index in [9.17, 15) is 17.6 Å². The smallest absolute Gasteiger partial charge is 0.243 e. The van der Waals surface area contributed by atoms with Crippen LogP contribution in [0.3, 0.4) is 0 Å². The zero-order chi connectivity index (χ0) is 19.6. The van der Waals surface area contributed by atoms with E-state index in [-0.39, 0.29) is 16.5 Å². The highest BCUT2D eigenvalue weighted by molar-refractivity contribution is 7.89. The van der Waals surface area contributed by atoms with E-state index in [2.05, 4.69) is 0 Å². The molecule has 0 aliphatic carbocycles. The molecule has 0 spiro atoms. The second kappa shape index (κ2) is 8.06. The van der Waals surface area contributed by atoms with Crippen molar-refractivity contribution in [1.82, 2.24) is 9.21 Å². The third-order valence-electron chi connectivity index (χ3n) is 4.67. The number of hydrogen-bond donors (Lipinski definition) is 0. The molecule has 0 saturated carbocycles. The number of sulfonamides is 1. The van der Waals surface area contributed by atoms with Crippen molar-refractivity contribution >= 4 is 27.4 Å². The Labute approximate surface area is 163 Å². The molecule has 1 fully saturated rings. The van der Waals surface area contributed by atoms with Crippen molar-refractivity contribution in [2.45, 2.75) is 18.4 Å². The third kappa shape index (κ3) is 4.38. The van der Waals surface area contributed by atoms with Gasteiger partial charge in [-0.3, -0.25) is 9.69 Å². The molecule has 144 valence electrons. The van der Waals surface area contributed by atoms with Crippen LogP contribution in [-0.4, -0.2) is 49.6 Å². The lowest BCUT2D eigenvalue weighted by molar-refractivity contribution is 0.101. The van der Waals surface area contributed by atoms with Crippen molar-refractivity contribution < 1.29 is 17.6 Å². The summed E-state index contributed by atoms with van der Waals surface area (Å²) >= 11 is 6.07. The van der Waals surface area contributed by atoms with Crippen molar-refractivity contribution in [3.05, 3.63) is 64.4 Å². The Morgan fingerprint density at radius 2 is 1.70 bits per heavy atom. The highest BCUT2D eigenvalue weighted by Gasteiger charge is 2.29. The molecule has 0 bridgehead atoms. The van der Waals surface area contributed by atoms with Crippen molar-refractivity contribution in [2.24, 2.45) is 0 Å². The quantitative estimate of drug-likeness (QED) is 0.710. The van der Waals surface area contributed by atoms with Gasteiger partial charge in [-0.15, -0.1) is 0 Å². The molecular formula is C19H20ClFN2O3S. The summed E-state index contributed by atoms with van der Waals surface area (Å²) in [5, 5.41) is 0.371. The van der Waals surface area contributed by atoms with Gasteiger partial charge in [0.25, 0.3) is 0 Å². The fourth-order valence-corrected chi connectivity index (χ4v) is 4.69. The van der Waals surface area contributed by atoms with Gasteiger partial charge in [-0.2, -0.15) is 4.31 Å². The molecule has 0 amide bonds. The van der Waals surface area contributed by atoms with E-state index in [0.29, 0.717) is 48.9 Å². The topological polar surface area (TPSA) is 57.7 Å². The number of benzene rings is 2. The van der Waals surface area contributed by atoms with Crippen molar-refractivity contribution in [2.75, 3.05) is 26.2 Å². The predicted molar refractivity (Wildman–Crippen MR) is 102 cm³/mol. The molecule has 5 nitrogen and oxygen atoms in total. The summed E-state index contributed by atoms with van der Waals surface area (Å²) in [5.74, 6) is -0.470. The van der Waals surface area contributed by atoms with Crippen LogP contribution in [0, 0.1) is 5.82 Å². The van der Waals surface area contributed by atoms with Crippen LogP contribution in [0.25, 0.3) is 0 Å². The minimum Gasteiger partial charge on any atom is -0.296 e. The molecular weight excluding hydrogens is 391 g/mol. The molecule has 1 aliphatic heterocycles. The van der Waals surface area contributed by atoms with Crippen LogP contribution in [0.5, 0.6) is 0 Å². The van der Waals surface area contributed by atoms with Crippen LogP contribution in [0.1, 0.15) is 22.8 Å². The Balaban J connectivity index is 1.66. The van der Waals surface area contributed by atoms with Crippen molar-refractivity contribution in [1.29, 1.82) is 0 Å². The van der Waals surface area contributed by atoms with Gasteiger partial charge >= 0.3 is 0 Å². The van der Waals surface area contributed by atoms with E-state index < -0.39 is 10.0 Å². The SMILES string of the molecule is CC(=O)c1ccc(S(=O)(=O)N2CCN(Cc3c(F)cccc3Cl)CC2)cc1. The maximum absolute atomic E-state index is 13.9. The normalized spacial score (nSPS) is 16.4. The van der Waals surface area contributed by atoms with Gasteiger partial charge in [0.15, 0.2) is 5.78 Å². The lowest BCUT2D eigenvalue weighted by atomic mass is 10.2. The van der Waals surface area contributed by atoms with Gasteiger partial charge in [0.2, 0.25) is 10.0 Å². The number of carbonyl (C=O) groups is 1. The Bertz CT molecular complexity index is 920. The van der Waals surface area contributed by atoms with E-state index in [0.717, 1.165) is 0 Å². The Morgan fingerprint density at radius 3 is 2.26 bits per heavy atom. The van der Waals surface area contributed by atoms with Crippen LogP contribution in [0.15, 0.2) is 47.4 Å². The number of halogens is 2. The van der Waals surface area contributed by atoms with Gasteiger partial charge in [-0.05, 0) is 31.2 Å². The second-order valence-electron chi connectivity index (χ2n) is 6.46. The molecule has 0 aromatic heterocycles.